The molecule has 4 aromatic rings. The van der Waals surface area contributed by atoms with Crippen molar-refractivity contribution in [1.29, 1.82) is 5.26 Å². The molecule has 2 unspecified atom stereocenters. The Morgan fingerprint density at radius 1 is 1.07 bits per heavy atom. The second-order valence-corrected chi connectivity index (χ2v) is 11.3. The van der Waals surface area contributed by atoms with Crippen LogP contribution < -0.4 is 15.4 Å². The molecular formula is C34H34N4O5S. The van der Waals surface area contributed by atoms with E-state index in [0.717, 1.165) is 16.6 Å². The smallest absolute Gasteiger partial charge is 0.254 e. The number of nitrogens with one attached hydrogen (secondary N) is 2. The van der Waals surface area contributed by atoms with E-state index in [-0.39, 0.29) is 19.4 Å². The Kier molecular flexibility index (Phi) is 10.1. The number of nitriles is 1. The van der Waals surface area contributed by atoms with Crippen LogP contribution in [0.3, 0.4) is 0 Å². The number of hydrogen-bond acceptors (Lipinski definition) is 7. The van der Waals surface area contributed by atoms with Crippen LogP contribution in [0.25, 0.3) is 10.9 Å². The lowest BCUT2D eigenvalue weighted by Crippen LogP contribution is -2.48. The van der Waals surface area contributed by atoms with Gasteiger partial charge in [0.15, 0.2) is 5.76 Å². The fraction of sp³-hybridized carbons (Fsp3) is 0.265. The van der Waals surface area contributed by atoms with Crippen molar-refractivity contribution in [3.05, 3.63) is 113 Å². The quantitative estimate of drug-likeness (QED) is 0.199. The first-order chi connectivity index (χ1) is 21.5. The lowest BCUT2D eigenvalue weighted by atomic mass is 10.0. The van der Waals surface area contributed by atoms with Gasteiger partial charge in [-0.1, -0.05) is 60.7 Å². The molecule has 2 amide bonds. The van der Waals surface area contributed by atoms with Crippen LogP contribution in [-0.2, 0) is 26.4 Å². The molecule has 3 aromatic carbocycles. The van der Waals surface area contributed by atoms with Crippen molar-refractivity contribution in [3.8, 4) is 11.8 Å². The van der Waals surface area contributed by atoms with Gasteiger partial charge in [-0.2, -0.15) is 17.0 Å². The molecule has 9 nitrogen and oxygen atoms in total. The average molecular weight is 611 g/mol. The number of ether oxygens (including phenoxy) is 3. The fourth-order valence-corrected chi connectivity index (χ4v) is 6.37. The van der Waals surface area contributed by atoms with Crippen molar-refractivity contribution in [1.82, 2.24) is 15.2 Å². The van der Waals surface area contributed by atoms with E-state index in [4.69, 9.17) is 19.5 Å². The third-order valence-electron chi connectivity index (χ3n) is 7.45. The maximum atomic E-state index is 14.1. The van der Waals surface area contributed by atoms with Gasteiger partial charge in [-0.3, -0.25) is 9.59 Å². The summed E-state index contributed by atoms with van der Waals surface area (Å²) in [5.41, 5.74) is 4.16. The van der Waals surface area contributed by atoms with Gasteiger partial charge in [0.05, 0.1) is 24.8 Å². The predicted molar refractivity (Wildman–Crippen MR) is 170 cm³/mol. The normalized spacial score (nSPS) is 13.6. The van der Waals surface area contributed by atoms with Gasteiger partial charge in [0.2, 0.25) is 12.7 Å². The molecule has 2 atom stereocenters. The molecule has 5 rings (SSSR count). The Morgan fingerprint density at radius 2 is 1.80 bits per heavy atom. The highest BCUT2D eigenvalue weighted by Gasteiger charge is 2.31. The van der Waals surface area contributed by atoms with Crippen molar-refractivity contribution in [3.63, 3.8) is 0 Å². The van der Waals surface area contributed by atoms with E-state index in [0.29, 0.717) is 46.1 Å². The highest BCUT2D eigenvalue weighted by molar-refractivity contribution is 7.98. The van der Waals surface area contributed by atoms with Gasteiger partial charge >= 0.3 is 0 Å². The first-order valence-electron chi connectivity index (χ1n) is 14.2. The minimum atomic E-state index is -0.859. The van der Waals surface area contributed by atoms with Crippen LogP contribution in [0.5, 0.6) is 5.75 Å². The number of fused-ring (bicyclic) bond motifs is 1. The standard InChI is InChI=1S/C34H34N4O5S/c1-23-32(34(40)37-28(33(39)36-16-15-35)21-44-20-25-11-7-4-8-12-25)27-18-26(41-2)13-14-29(27)38(23)30(31-19-42-22-43-31)17-24-9-5-3-6-10-24/h3-14,18-19,28,30H,16-17,20-22H2,1-2H3,(H,36,39)(H,37,40). The molecule has 0 bridgehead atoms. The number of thioether (sulfide) groups is 1. The summed E-state index contributed by atoms with van der Waals surface area (Å²) in [6.07, 6.45) is 2.23. The maximum Gasteiger partial charge on any atom is 0.254 e. The number of carbonyl (C=O) groups excluding carboxylic acids is 2. The lowest BCUT2D eigenvalue weighted by Gasteiger charge is -2.22. The van der Waals surface area contributed by atoms with Crippen molar-refractivity contribution >= 4 is 34.5 Å². The molecule has 1 aliphatic rings. The summed E-state index contributed by atoms with van der Waals surface area (Å²) < 4.78 is 19.0. The van der Waals surface area contributed by atoms with Crippen molar-refractivity contribution in [2.45, 2.75) is 31.2 Å². The summed E-state index contributed by atoms with van der Waals surface area (Å²) in [7, 11) is 1.58. The van der Waals surface area contributed by atoms with E-state index in [1.165, 1.54) is 11.8 Å². The highest BCUT2D eigenvalue weighted by Crippen LogP contribution is 2.37. The summed E-state index contributed by atoms with van der Waals surface area (Å²) in [5, 5.41) is 15.3. The van der Waals surface area contributed by atoms with Crippen LogP contribution in [0.15, 0.2) is 90.9 Å². The minimum Gasteiger partial charge on any atom is -0.497 e. The van der Waals surface area contributed by atoms with E-state index in [9.17, 15) is 9.59 Å². The molecule has 2 heterocycles. The van der Waals surface area contributed by atoms with E-state index >= 15 is 0 Å². The number of amides is 2. The maximum absolute atomic E-state index is 14.1. The van der Waals surface area contributed by atoms with Gasteiger partial charge in [0.1, 0.15) is 24.6 Å². The van der Waals surface area contributed by atoms with Crippen LogP contribution >= 0.6 is 11.8 Å². The van der Waals surface area contributed by atoms with Gasteiger partial charge in [-0.15, -0.1) is 0 Å². The molecule has 0 saturated carbocycles. The molecule has 44 heavy (non-hydrogen) atoms. The average Bonchev–Trinajstić information content (AvgIpc) is 3.69. The molecule has 0 saturated heterocycles. The first-order valence-corrected chi connectivity index (χ1v) is 15.4. The lowest BCUT2D eigenvalue weighted by molar-refractivity contribution is -0.122. The van der Waals surface area contributed by atoms with Crippen LogP contribution in [0.2, 0.25) is 0 Å². The van der Waals surface area contributed by atoms with Crippen LogP contribution in [0.1, 0.15) is 33.2 Å². The minimum absolute atomic E-state index is 0.125. The topological polar surface area (TPSA) is 115 Å². The number of aromatic nitrogens is 1. The third kappa shape index (κ3) is 7.01. The second kappa shape index (κ2) is 14.5. The molecule has 226 valence electrons. The Labute approximate surface area is 260 Å². The Balaban J connectivity index is 1.51. The van der Waals surface area contributed by atoms with Crippen LogP contribution in [-0.4, -0.2) is 48.6 Å². The van der Waals surface area contributed by atoms with Gasteiger partial charge in [0, 0.05) is 34.5 Å². The second-order valence-electron chi connectivity index (χ2n) is 10.3. The van der Waals surface area contributed by atoms with Crippen molar-refractivity contribution < 1.29 is 23.8 Å². The summed E-state index contributed by atoms with van der Waals surface area (Å²) in [5.74, 6) is 1.45. The summed E-state index contributed by atoms with van der Waals surface area (Å²) in [6.45, 7) is 1.87. The van der Waals surface area contributed by atoms with Crippen LogP contribution in [0.4, 0.5) is 0 Å². The number of rotatable bonds is 13. The highest BCUT2D eigenvalue weighted by atomic mass is 32.2. The zero-order valence-electron chi connectivity index (χ0n) is 24.6. The molecule has 1 aliphatic heterocycles. The number of nitrogens with zero attached hydrogens (tertiary/aromatic N) is 2. The number of methoxy groups -OCH3 is 1. The van der Waals surface area contributed by atoms with E-state index in [1.54, 1.807) is 13.4 Å². The largest absolute Gasteiger partial charge is 0.497 e. The molecule has 1 aromatic heterocycles. The van der Waals surface area contributed by atoms with E-state index in [1.807, 2.05) is 79.7 Å². The Bertz CT molecular complexity index is 1680. The molecule has 2 N–H and O–H groups in total. The van der Waals surface area contributed by atoms with Crippen molar-refractivity contribution in [2.24, 2.45) is 0 Å². The Morgan fingerprint density at radius 3 is 2.45 bits per heavy atom. The number of benzene rings is 3. The van der Waals surface area contributed by atoms with Gasteiger partial charge in [-0.25, -0.2) is 0 Å². The van der Waals surface area contributed by atoms with E-state index in [2.05, 4.69) is 27.3 Å². The first kappa shape index (κ1) is 30.6. The molecule has 0 aliphatic carbocycles. The number of hydrogen-bond donors (Lipinski definition) is 2. The Hall–Kier alpha value is -4.88. The third-order valence-corrected chi connectivity index (χ3v) is 8.55. The monoisotopic (exact) mass is 610 g/mol. The van der Waals surface area contributed by atoms with Crippen LogP contribution in [0, 0.1) is 18.3 Å². The molecular weight excluding hydrogens is 576 g/mol. The molecule has 0 radical (unpaired) electrons. The summed E-state index contributed by atoms with van der Waals surface area (Å²) in [6, 6.07) is 26.4. The molecule has 10 heteroatoms. The fourth-order valence-electron chi connectivity index (χ4n) is 5.35. The van der Waals surface area contributed by atoms with E-state index < -0.39 is 17.9 Å². The molecule has 0 spiro atoms. The van der Waals surface area contributed by atoms with Gasteiger partial charge in [0.25, 0.3) is 5.91 Å². The molecule has 0 fully saturated rings. The van der Waals surface area contributed by atoms with Gasteiger partial charge < -0.3 is 29.4 Å². The summed E-state index contributed by atoms with van der Waals surface area (Å²) in [4.78, 5) is 27.2. The predicted octanol–water partition coefficient (Wildman–Crippen LogP) is 5.26. The number of carbonyl (C=O) groups is 2. The van der Waals surface area contributed by atoms with Crippen molar-refractivity contribution in [2.75, 3.05) is 26.2 Å². The zero-order chi connectivity index (χ0) is 30.9. The zero-order valence-corrected chi connectivity index (χ0v) is 25.4. The number of allylic oxidation sites excluding steroid dienone is 1. The van der Waals surface area contributed by atoms with Gasteiger partial charge in [-0.05, 0) is 36.2 Å². The summed E-state index contributed by atoms with van der Waals surface area (Å²) >= 11 is 1.53. The SMILES string of the molecule is COc1ccc2c(c1)c(C(=O)NC(CSCc1ccccc1)C(=O)NCC#N)c(C)n2C(Cc1ccccc1)C1=COCO1.